The van der Waals surface area contributed by atoms with E-state index in [4.69, 9.17) is 8.83 Å². The minimum absolute atomic E-state index is 0.866. The van der Waals surface area contributed by atoms with Gasteiger partial charge in [-0.2, -0.15) is 0 Å². The van der Waals surface area contributed by atoms with Crippen LogP contribution in [0.1, 0.15) is 0 Å². The first-order chi connectivity index (χ1) is 23.3. The van der Waals surface area contributed by atoms with E-state index in [2.05, 4.69) is 150 Å². The normalized spacial score (nSPS) is 11.8. The quantitative estimate of drug-likeness (QED) is 0.188. The molecule has 2 heterocycles. The zero-order chi connectivity index (χ0) is 30.9. The zero-order valence-electron chi connectivity index (χ0n) is 25.4. The van der Waals surface area contributed by atoms with Crippen molar-refractivity contribution >= 4 is 82.5 Å². The molecule has 2 aromatic heterocycles. The molecule has 0 spiro atoms. The van der Waals surface area contributed by atoms with Crippen molar-refractivity contribution in [3.8, 4) is 11.1 Å². The van der Waals surface area contributed by atoms with Gasteiger partial charge in [0.25, 0.3) is 0 Å². The van der Waals surface area contributed by atoms with Crippen molar-refractivity contribution in [3.05, 3.63) is 164 Å². The zero-order valence-corrected chi connectivity index (χ0v) is 25.4. The van der Waals surface area contributed by atoms with Crippen LogP contribution in [0.25, 0.3) is 76.5 Å². The lowest BCUT2D eigenvalue weighted by Crippen LogP contribution is -2.10. The Hall–Kier alpha value is -6.32. The van der Waals surface area contributed by atoms with Gasteiger partial charge in [0.1, 0.15) is 22.3 Å². The maximum absolute atomic E-state index is 6.38. The van der Waals surface area contributed by atoms with Crippen LogP contribution in [0, 0.1) is 0 Å². The van der Waals surface area contributed by atoms with Crippen LogP contribution in [0.15, 0.2) is 173 Å². The molecule has 0 radical (unpaired) electrons. The standard InChI is InChI=1S/C44H27NO2/c1-2-10-28(11-3-1)31-12-8-13-32(26-31)45(37-16-9-19-40-43(37)34-14-4-6-17-38(34)46-40)33-24-22-29-20-21-30-23-25-41-44(42(30)36(29)27-33)35-15-5-7-18-39(35)47-41/h1-27H. The molecule has 0 saturated heterocycles. The van der Waals surface area contributed by atoms with Crippen LogP contribution in [0.4, 0.5) is 17.1 Å². The van der Waals surface area contributed by atoms with E-state index in [9.17, 15) is 0 Å². The fraction of sp³-hybridized carbons (Fsp3) is 0. The molecule has 0 aliphatic heterocycles. The molecule has 220 valence electrons. The molecule has 3 nitrogen and oxygen atoms in total. The molecule has 0 saturated carbocycles. The third kappa shape index (κ3) is 4.00. The van der Waals surface area contributed by atoms with Crippen molar-refractivity contribution in [1.82, 2.24) is 0 Å². The van der Waals surface area contributed by atoms with Crippen molar-refractivity contribution in [1.29, 1.82) is 0 Å². The number of hydrogen-bond acceptors (Lipinski definition) is 3. The molecule has 10 rings (SSSR count). The van der Waals surface area contributed by atoms with Crippen LogP contribution >= 0.6 is 0 Å². The van der Waals surface area contributed by atoms with Crippen molar-refractivity contribution in [2.75, 3.05) is 4.90 Å². The van der Waals surface area contributed by atoms with E-state index >= 15 is 0 Å². The van der Waals surface area contributed by atoms with Crippen LogP contribution in [-0.2, 0) is 0 Å². The summed E-state index contributed by atoms with van der Waals surface area (Å²) in [6, 6.07) is 57.9. The van der Waals surface area contributed by atoms with Gasteiger partial charge in [-0.3, -0.25) is 0 Å². The Bertz CT molecular complexity index is 2810. The van der Waals surface area contributed by atoms with Crippen LogP contribution in [-0.4, -0.2) is 0 Å². The predicted molar refractivity (Wildman–Crippen MR) is 196 cm³/mol. The molecule has 0 unspecified atom stereocenters. The number of rotatable bonds is 4. The molecule has 0 fully saturated rings. The molecule has 0 N–H and O–H groups in total. The summed E-state index contributed by atoms with van der Waals surface area (Å²) < 4.78 is 12.7. The summed E-state index contributed by atoms with van der Waals surface area (Å²) in [5.41, 5.74) is 9.10. The van der Waals surface area contributed by atoms with E-state index < -0.39 is 0 Å². The first kappa shape index (κ1) is 26.0. The Kier molecular flexibility index (Phi) is 5.57. The van der Waals surface area contributed by atoms with Crippen molar-refractivity contribution in [3.63, 3.8) is 0 Å². The summed E-state index contributed by atoms with van der Waals surface area (Å²) in [7, 11) is 0. The summed E-state index contributed by atoms with van der Waals surface area (Å²) >= 11 is 0. The Morgan fingerprint density at radius 2 is 0.936 bits per heavy atom. The van der Waals surface area contributed by atoms with Crippen LogP contribution < -0.4 is 4.90 Å². The van der Waals surface area contributed by atoms with Gasteiger partial charge < -0.3 is 13.7 Å². The van der Waals surface area contributed by atoms with Gasteiger partial charge in [0.15, 0.2) is 0 Å². The average Bonchev–Trinajstić information content (AvgIpc) is 3.71. The van der Waals surface area contributed by atoms with Crippen molar-refractivity contribution in [2.45, 2.75) is 0 Å². The van der Waals surface area contributed by atoms with Crippen LogP contribution in [0.5, 0.6) is 0 Å². The highest BCUT2D eigenvalue weighted by atomic mass is 16.3. The molecule has 0 aliphatic rings. The number of nitrogens with zero attached hydrogens (tertiary/aromatic N) is 1. The number of benzene rings is 8. The van der Waals surface area contributed by atoms with E-state index in [1.165, 1.54) is 27.1 Å². The summed E-state index contributed by atoms with van der Waals surface area (Å²) in [6.07, 6.45) is 0. The molecular weight excluding hydrogens is 574 g/mol. The van der Waals surface area contributed by atoms with Gasteiger partial charge in [-0.25, -0.2) is 0 Å². The second-order valence-electron chi connectivity index (χ2n) is 12.1. The van der Waals surface area contributed by atoms with Gasteiger partial charge >= 0.3 is 0 Å². The smallest absolute Gasteiger partial charge is 0.137 e. The van der Waals surface area contributed by atoms with E-state index in [0.717, 1.165) is 66.5 Å². The number of hydrogen-bond donors (Lipinski definition) is 0. The Balaban J connectivity index is 1.30. The minimum atomic E-state index is 0.866. The monoisotopic (exact) mass is 601 g/mol. The second-order valence-corrected chi connectivity index (χ2v) is 12.1. The Morgan fingerprint density at radius 1 is 0.340 bits per heavy atom. The third-order valence-electron chi connectivity index (χ3n) is 9.42. The molecule has 47 heavy (non-hydrogen) atoms. The SMILES string of the molecule is c1ccc(-c2cccc(N(c3ccc4ccc5ccc6oc7ccccc7c6c5c4c3)c3cccc4oc5ccccc5c34)c2)cc1. The van der Waals surface area contributed by atoms with Crippen LogP contribution in [0.2, 0.25) is 0 Å². The first-order valence-corrected chi connectivity index (χ1v) is 15.9. The number of furan rings is 2. The van der Waals surface area contributed by atoms with Crippen LogP contribution in [0.3, 0.4) is 0 Å². The van der Waals surface area contributed by atoms with E-state index in [-0.39, 0.29) is 0 Å². The maximum Gasteiger partial charge on any atom is 0.137 e. The van der Waals surface area contributed by atoms with Gasteiger partial charge in [-0.05, 0) is 81.9 Å². The number of anilines is 3. The molecule has 0 aliphatic carbocycles. The summed E-state index contributed by atoms with van der Waals surface area (Å²) in [5, 5.41) is 9.24. The van der Waals surface area contributed by atoms with Crippen molar-refractivity contribution in [2.24, 2.45) is 0 Å². The lowest BCUT2D eigenvalue weighted by atomic mass is 9.96. The minimum Gasteiger partial charge on any atom is -0.456 e. The summed E-state index contributed by atoms with van der Waals surface area (Å²) in [6.45, 7) is 0. The molecular formula is C44H27NO2. The topological polar surface area (TPSA) is 29.5 Å². The number of para-hydroxylation sites is 2. The number of fused-ring (bicyclic) bond motifs is 10. The highest BCUT2D eigenvalue weighted by Crippen LogP contribution is 2.45. The van der Waals surface area contributed by atoms with Gasteiger partial charge in [-0.1, -0.05) is 109 Å². The molecule has 0 amide bonds. The van der Waals surface area contributed by atoms with Gasteiger partial charge in [0, 0.05) is 32.9 Å². The summed E-state index contributed by atoms with van der Waals surface area (Å²) in [5.74, 6) is 0. The van der Waals surface area contributed by atoms with E-state index in [1.54, 1.807) is 0 Å². The molecule has 0 bridgehead atoms. The first-order valence-electron chi connectivity index (χ1n) is 15.9. The van der Waals surface area contributed by atoms with Gasteiger partial charge in [-0.15, -0.1) is 0 Å². The molecule has 3 heteroatoms. The van der Waals surface area contributed by atoms with E-state index in [0.29, 0.717) is 0 Å². The Morgan fingerprint density at radius 3 is 1.77 bits per heavy atom. The summed E-state index contributed by atoms with van der Waals surface area (Å²) in [4.78, 5) is 2.38. The highest BCUT2D eigenvalue weighted by molar-refractivity contribution is 6.27. The largest absolute Gasteiger partial charge is 0.456 e. The Labute approximate surface area is 270 Å². The fourth-order valence-electron chi connectivity index (χ4n) is 7.31. The van der Waals surface area contributed by atoms with Gasteiger partial charge in [0.2, 0.25) is 0 Å². The predicted octanol–water partition coefficient (Wildman–Crippen LogP) is 12.9. The van der Waals surface area contributed by atoms with E-state index in [1.807, 2.05) is 18.2 Å². The molecule has 8 aromatic carbocycles. The lowest BCUT2D eigenvalue weighted by molar-refractivity contribution is 0.668. The second kappa shape index (κ2) is 10.1. The third-order valence-corrected chi connectivity index (χ3v) is 9.42. The average molecular weight is 602 g/mol. The molecule has 0 atom stereocenters. The van der Waals surface area contributed by atoms with Crippen molar-refractivity contribution < 1.29 is 8.83 Å². The maximum atomic E-state index is 6.38. The van der Waals surface area contributed by atoms with Gasteiger partial charge in [0.05, 0.1) is 11.1 Å². The highest BCUT2D eigenvalue weighted by Gasteiger charge is 2.21. The fourth-order valence-corrected chi connectivity index (χ4v) is 7.31. The lowest BCUT2D eigenvalue weighted by Gasteiger charge is -2.27. The molecule has 10 aromatic rings.